The van der Waals surface area contributed by atoms with Gasteiger partial charge in [-0.1, -0.05) is 24.3 Å². The van der Waals surface area contributed by atoms with Gasteiger partial charge in [0, 0.05) is 0 Å². The van der Waals surface area contributed by atoms with Crippen LogP contribution in [0.25, 0.3) is 0 Å². The van der Waals surface area contributed by atoms with Crippen LogP contribution in [0, 0.1) is 0 Å². The minimum Gasteiger partial charge on any atom is -0.466 e. The number of aliphatic hydroxyl groups is 1. The second-order valence-electron chi connectivity index (χ2n) is 4.52. The Bertz CT molecular complexity index is 414. The predicted octanol–water partition coefficient (Wildman–Crippen LogP) is 2.16. The van der Waals surface area contributed by atoms with Crippen LogP contribution in [-0.2, 0) is 21.6 Å². The Balaban J connectivity index is 2.23. The molecule has 0 aromatic heterocycles. The highest BCUT2D eigenvalue weighted by molar-refractivity contribution is 5.71. The van der Waals surface area contributed by atoms with Crippen molar-refractivity contribution in [3.8, 4) is 0 Å². The van der Waals surface area contributed by atoms with E-state index in [1.165, 1.54) is 0 Å². The number of rotatable bonds is 3. The first kappa shape index (κ1) is 12.1. The molecule has 92 valence electrons. The van der Waals surface area contributed by atoms with Crippen molar-refractivity contribution in [3.63, 3.8) is 0 Å². The maximum absolute atomic E-state index is 11.5. The number of benzene rings is 1. The highest BCUT2D eigenvalue weighted by Gasteiger charge is 2.36. The van der Waals surface area contributed by atoms with E-state index in [1.54, 1.807) is 6.92 Å². The average molecular weight is 234 g/mol. The molecule has 17 heavy (non-hydrogen) atoms. The van der Waals surface area contributed by atoms with Gasteiger partial charge in [0.2, 0.25) is 0 Å². The summed E-state index contributed by atoms with van der Waals surface area (Å²) in [5.74, 6) is -0.327. The van der Waals surface area contributed by atoms with Crippen molar-refractivity contribution in [2.24, 2.45) is 0 Å². The molecule has 0 amide bonds. The molecule has 1 N–H and O–H groups in total. The summed E-state index contributed by atoms with van der Waals surface area (Å²) in [6, 6.07) is 7.80. The quantitative estimate of drug-likeness (QED) is 0.815. The second kappa shape index (κ2) is 4.88. The van der Waals surface area contributed by atoms with Gasteiger partial charge in [0.15, 0.2) is 0 Å². The standard InChI is InChI=1S/C14H18O3/c1-2-17-13(15)10-14(16)9-5-7-11-6-3-4-8-12(11)14/h3-4,6,8,16H,2,5,7,9-10H2,1H3/t14-/m1/s1. The molecule has 1 aliphatic carbocycles. The van der Waals surface area contributed by atoms with Crippen molar-refractivity contribution in [1.29, 1.82) is 0 Å². The number of hydrogen-bond acceptors (Lipinski definition) is 3. The lowest BCUT2D eigenvalue weighted by Gasteiger charge is -2.33. The molecule has 0 heterocycles. The van der Waals surface area contributed by atoms with Crippen LogP contribution >= 0.6 is 0 Å². The SMILES string of the molecule is CCOC(=O)C[C@]1(O)CCCc2ccccc21. The monoisotopic (exact) mass is 234 g/mol. The van der Waals surface area contributed by atoms with Crippen LogP contribution in [0.15, 0.2) is 24.3 Å². The number of fused-ring (bicyclic) bond motifs is 1. The largest absolute Gasteiger partial charge is 0.466 e. The zero-order chi connectivity index (χ0) is 12.3. The fraction of sp³-hybridized carbons (Fsp3) is 0.500. The third-order valence-electron chi connectivity index (χ3n) is 3.30. The Kier molecular flexibility index (Phi) is 3.48. The van der Waals surface area contributed by atoms with E-state index < -0.39 is 5.60 Å². The topological polar surface area (TPSA) is 46.5 Å². The summed E-state index contributed by atoms with van der Waals surface area (Å²) >= 11 is 0. The summed E-state index contributed by atoms with van der Waals surface area (Å²) in [6.07, 6.45) is 2.56. The Hall–Kier alpha value is -1.35. The Labute approximate surface area is 101 Å². The summed E-state index contributed by atoms with van der Waals surface area (Å²) in [5, 5.41) is 10.6. The first-order chi connectivity index (χ1) is 8.15. The van der Waals surface area contributed by atoms with E-state index in [0.29, 0.717) is 13.0 Å². The number of ether oxygens (including phenoxy) is 1. The number of esters is 1. The van der Waals surface area contributed by atoms with Crippen molar-refractivity contribution < 1.29 is 14.6 Å². The molecule has 0 spiro atoms. The fourth-order valence-corrected chi connectivity index (χ4v) is 2.53. The van der Waals surface area contributed by atoms with Crippen LogP contribution in [0.3, 0.4) is 0 Å². The van der Waals surface area contributed by atoms with Gasteiger partial charge in [0.05, 0.1) is 13.0 Å². The molecule has 1 aliphatic rings. The van der Waals surface area contributed by atoms with Gasteiger partial charge in [-0.05, 0) is 37.3 Å². The summed E-state index contributed by atoms with van der Waals surface area (Å²) in [6.45, 7) is 2.13. The van der Waals surface area contributed by atoms with E-state index in [4.69, 9.17) is 4.74 Å². The molecule has 0 saturated heterocycles. The molecule has 0 radical (unpaired) electrons. The zero-order valence-electron chi connectivity index (χ0n) is 10.1. The third kappa shape index (κ3) is 2.50. The number of aryl methyl sites for hydroxylation is 1. The molecule has 2 rings (SSSR count). The minimum atomic E-state index is -1.04. The fourth-order valence-electron chi connectivity index (χ4n) is 2.53. The van der Waals surface area contributed by atoms with Gasteiger partial charge in [-0.2, -0.15) is 0 Å². The van der Waals surface area contributed by atoms with Crippen molar-refractivity contribution >= 4 is 5.97 Å². The number of carbonyl (C=O) groups excluding carboxylic acids is 1. The lowest BCUT2D eigenvalue weighted by Crippen LogP contribution is -2.33. The van der Waals surface area contributed by atoms with Gasteiger partial charge in [0.25, 0.3) is 0 Å². The van der Waals surface area contributed by atoms with E-state index in [0.717, 1.165) is 24.0 Å². The third-order valence-corrected chi connectivity index (χ3v) is 3.30. The Morgan fingerprint density at radius 3 is 3.00 bits per heavy atom. The molecule has 3 nitrogen and oxygen atoms in total. The average Bonchev–Trinajstić information content (AvgIpc) is 2.29. The molecule has 0 unspecified atom stereocenters. The molecule has 1 aromatic rings. The van der Waals surface area contributed by atoms with E-state index >= 15 is 0 Å². The van der Waals surface area contributed by atoms with Crippen molar-refractivity contribution in [3.05, 3.63) is 35.4 Å². The first-order valence-electron chi connectivity index (χ1n) is 6.12. The smallest absolute Gasteiger partial charge is 0.309 e. The van der Waals surface area contributed by atoms with E-state index in [-0.39, 0.29) is 12.4 Å². The zero-order valence-corrected chi connectivity index (χ0v) is 10.1. The van der Waals surface area contributed by atoms with Crippen molar-refractivity contribution in [1.82, 2.24) is 0 Å². The van der Waals surface area contributed by atoms with Gasteiger partial charge in [-0.15, -0.1) is 0 Å². The first-order valence-corrected chi connectivity index (χ1v) is 6.12. The summed E-state index contributed by atoms with van der Waals surface area (Å²) < 4.78 is 4.93. The van der Waals surface area contributed by atoms with Gasteiger partial charge in [0.1, 0.15) is 5.60 Å². The van der Waals surface area contributed by atoms with E-state index in [1.807, 2.05) is 24.3 Å². The molecule has 0 saturated carbocycles. The van der Waals surface area contributed by atoms with Crippen LogP contribution in [0.1, 0.15) is 37.3 Å². The highest BCUT2D eigenvalue weighted by Crippen LogP contribution is 2.37. The maximum Gasteiger partial charge on any atom is 0.309 e. The Morgan fingerprint density at radius 1 is 1.47 bits per heavy atom. The van der Waals surface area contributed by atoms with Crippen LogP contribution in [-0.4, -0.2) is 17.7 Å². The highest BCUT2D eigenvalue weighted by atomic mass is 16.5. The normalized spacial score (nSPS) is 22.9. The minimum absolute atomic E-state index is 0.0534. The van der Waals surface area contributed by atoms with Crippen LogP contribution in [0.5, 0.6) is 0 Å². The number of carbonyl (C=O) groups is 1. The molecule has 0 bridgehead atoms. The predicted molar refractivity (Wildman–Crippen MR) is 64.5 cm³/mol. The van der Waals surface area contributed by atoms with Crippen molar-refractivity contribution in [2.45, 2.75) is 38.2 Å². The maximum atomic E-state index is 11.5. The summed E-state index contributed by atoms with van der Waals surface area (Å²) in [4.78, 5) is 11.5. The van der Waals surface area contributed by atoms with E-state index in [2.05, 4.69) is 0 Å². The molecule has 0 fully saturated rings. The van der Waals surface area contributed by atoms with Crippen LogP contribution < -0.4 is 0 Å². The molecule has 3 heteroatoms. The van der Waals surface area contributed by atoms with Gasteiger partial charge >= 0.3 is 5.97 Å². The van der Waals surface area contributed by atoms with Gasteiger partial charge < -0.3 is 9.84 Å². The summed E-state index contributed by atoms with van der Waals surface area (Å²) in [7, 11) is 0. The van der Waals surface area contributed by atoms with Crippen molar-refractivity contribution in [2.75, 3.05) is 6.61 Å². The lowest BCUT2D eigenvalue weighted by atomic mass is 9.77. The van der Waals surface area contributed by atoms with Crippen LogP contribution in [0.2, 0.25) is 0 Å². The molecular weight excluding hydrogens is 216 g/mol. The lowest BCUT2D eigenvalue weighted by molar-refractivity contribution is -0.149. The molecule has 1 atom stereocenters. The second-order valence-corrected chi connectivity index (χ2v) is 4.52. The molecule has 1 aromatic carbocycles. The molecule has 0 aliphatic heterocycles. The number of hydrogen-bond donors (Lipinski definition) is 1. The summed E-state index contributed by atoms with van der Waals surface area (Å²) in [5.41, 5.74) is 0.992. The Morgan fingerprint density at radius 2 is 2.24 bits per heavy atom. The van der Waals surface area contributed by atoms with E-state index in [9.17, 15) is 9.90 Å². The van der Waals surface area contributed by atoms with Gasteiger partial charge in [-0.3, -0.25) is 4.79 Å². The van der Waals surface area contributed by atoms with Crippen LogP contribution in [0.4, 0.5) is 0 Å². The molecular formula is C14H18O3. The van der Waals surface area contributed by atoms with Gasteiger partial charge in [-0.25, -0.2) is 0 Å².